The molecule has 0 spiro atoms. The zero-order chi connectivity index (χ0) is 11.9. The lowest BCUT2D eigenvalue weighted by atomic mass is 10.3. The van der Waals surface area contributed by atoms with Crippen LogP contribution in [0.15, 0.2) is 0 Å². The van der Waals surface area contributed by atoms with Gasteiger partial charge in [-0.1, -0.05) is 6.92 Å². The van der Waals surface area contributed by atoms with Gasteiger partial charge in [-0.2, -0.15) is 5.26 Å². The standard InChI is InChI=1S/C9H19N3O2S/c1-4-11-9(7-10)8-12(2)5-6-15(3,13)14/h9,11H,4-6,8H2,1-3H3. The Morgan fingerprint density at radius 1 is 1.53 bits per heavy atom. The molecule has 0 aliphatic rings. The number of likely N-dealkylation sites (N-methyl/N-ethyl adjacent to an activating group) is 2. The first-order valence-electron chi connectivity index (χ1n) is 4.88. The molecule has 6 heteroatoms. The third-order valence-corrected chi connectivity index (χ3v) is 2.87. The zero-order valence-corrected chi connectivity index (χ0v) is 10.3. The molecular formula is C9H19N3O2S. The lowest BCUT2D eigenvalue weighted by Gasteiger charge is -2.19. The Morgan fingerprint density at radius 2 is 2.13 bits per heavy atom. The molecule has 0 aliphatic carbocycles. The van der Waals surface area contributed by atoms with E-state index in [-0.39, 0.29) is 11.8 Å². The zero-order valence-electron chi connectivity index (χ0n) is 9.52. The maximum atomic E-state index is 10.9. The highest BCUT2D eigenvalue weighted by Crippen LogP contribution is 1.91. The summed E-state index contributed by atoms with van der Waals surface area (Å²) in [4.78, 5) is 1.84. The molecule has 0 radical (unpaired) electrons. The SMILES string of the molecule is CCNC(C#N)CN(C)CCS(C)(=O)=O. The van der Waals surface area contributed by atoms with Crippen LogP contribution in [0.4, 0.5) is 0 Å². The van der Waals surface area contributed by atoms with Crippen molar-refractivity contribution in [3.63, 3.8) is 0 Å². The summed E-state index contributed by atoms with van der Waals surface area (Å²) in [5, 5.41) is 11.8. The van der Waals surface area contributed by atoms with Gasteiger partial charge in [-0.05, 0) is 13.6 Å². The van der Waals surface area contributed by atoms with Crippen LogP contribution < -0.4 is 5.32 Å². The second-order valence-electron chi connectivity index (χ2n) is 3.63. The van der Waals surface area contributed by atoms with Gasteiger partial charge in [0.2, 0.25) is 0 Å². The topological polar surface area (TPSA) is 73.2 Å². The van der Waals surface area contributed by atoms with Gasteiger partial charge in [-0.3, -0.25) is 0 Å². The summed E-state index contributed by atoms with van der Waals surface area (Å²) in [5.41, 5.74) is 0. The average molecular weight is 233 g/mol. The van der Waals surface area contributed by atoms with E-state index in [1.165, 1.54) is 6.26 Å². The third kappa shape index (κ3) is 8.36. The summed E-state index contributed by atoms with van der Waals surface area (Å²) < 4.78 is 21.8. The Labute approximate surface area is 92.0 Å². The van der Waals surface area contributed by atoms with Crippen molar-refractivity contribution in [2.24, 2.45) is 0 Å². The van der Waals surface area contributed by atoms with Crippen LogP contribution in [0.2, 0.25) is 0 Å². The summed E-state index contributed by atoms with van der Waals surface area (Å²) in [7, 11) is -1.11. The molecule has 0 aromatic rings. The molecule has 0 saturated heterocycles. The molecule has 0 bridgehead atoms. The molecule has 0 aromatic heterocycles. The van der Waals surface area contributed by atoms with E-state index in [1.54, 1.807) is 0 Å². The molecular weight excluding hydrogens is 214 g/mol. The van der Waals surface area contributed by atoms with Crippen LogP contribution >= 0.6 is 0 Å². The van der Waals surface area contributed by atoms with Crippen molar-refractivity contribution in [2.45, 2.75) is 13.0 Å². The van der Waals surface area contributed by atoms with Gasteiger partial charge in [0.05, 0.1) is 11.8 Å². The lowest BCUT2D eigenvalue weighted by Crippen LogP contribution is -2.39. The first-order valence-corrected chi connectivity index (χ1v) is 6.94. The fraction of sp³-hybridized carbons (Fsp3) is 0.889. The molecule has 1 unspecified atom stereocenters. The van der Waals surface area contributed by atoms with Crippen molar-refractivity contribution in [1.82, 2.24) is 10.2 Å². The van der Waals surface area contributed by atoms with Gasteiger partial charge >= 0.3 is 0 Å². The Hall–Kier alpha value is -0.640. The summed E-state index contributed by atoms with van der Waals surface area (Å²) in [6.07, 6.45) is 1.22. The third-order valence-electron chi connectivity index (χ3n) is 1.94. The molecule has 0 fully saturated rings. The van der Waals surface area contributed by atoms with Crippen molar-refractivity contribution in [2.75, 3.05) is 38.7 Å². The van der Waals surface area contributed by atoms with E-state index in [4.69, 9.17) is 5.26 Å². The number of sulfone groups is 1. The Morgan fingerprint density at radius 3 is 2.53 bits per heavy atom. The van der Waals surface area contributed by atoms with E-state index in [0.29, 0.717) is 13.1 Å². The minimum absolute atomic E-state index is 0.133. The molecule has 0 heterocycles. The molecule has 1 atom stereocenters. The van der Waals surface area contributed by atoms with Crippen LogP contribution in [0.5, 0.6) is 0 Å². The normalized spacial score (nSPS) is 13.8. The van der Waals surface area contributed by atoms with E-state index in [0.717, 1.165) is 6.54 Å². The number of hydrogen-bond donors (Lipinski definition) is 1. The first kappa shape index (κ1) is 14.4. The highest BCUT2D eigenvalue weighted by Gasteiger charge is 2.10. The fourth-order valence-electron chi connectivity index (χ4n) is 1.12. The summed E-state index contributed by atoms with van der Waals surface area (Å²) in [5.74, 6) is 0.133. The highest BCUT2D eigenvalue weighted by atomic mass is 32.2. The summed E-state index contributed by atoms with van der Waals surface area (Å²) >= 11 is 0. The van der Waals surface area contributed by atoms with Crippen LogP contribution in [0.1, 0.15) is 6.92 Å². The summed E-state index contributed by atoms with van der Waals surface area (Å²) in [6, 6.07) is 1.89. The van der Waals surface area contributed by atoms with E-state index < -0.39 is 9.84 Å². The van der Waals surface area contributed by atoms with Crippen molar-refractivity contribution in [3.05, 3.63) is 0 Å². The average Bonchev–Trinajstić information content (AvgIpc) is 2.13. The molecule has 88 valence electrons. The minimum Gasteiger partial charge on any atom is -0.303 e. The molecule has 15 heavy (non-hydrogen) atoms. The lowest BCUT2D eigenvalue weighted by molar-refractivity contribution is 0.328. The molecule has 0 aliphatic heterocycles. The quantitative estimate of drug-likeness (QED) is 0.639. The van der Waals surface area contributed by atoms with Gasteiger partial charge in [0.25, 0.3) is 0 Å². The van der Waals surface area contributed by atoms with Gasteiger partial charge < -0.3 is 10.2 Å². The number of nitriles is 1. The van der Waals surface area contributed by atoms with Crippen LogP contribution in [0.25, 0.3) is 0 Å². The van der Waals surface area contributed by atoms with Crippen LogP contribution in [-0.4, -0.2) is 58.1 Å². The van der Waals surface area contributed by atoms with Crippen molar-refractivity contribution in [1.29, 1.82) is 5.26 Å². The predicted molar refractivity (Wildman–Crippen MR) is 60.3 cm³/mol. The molecule has 0 saturated carbocycles. The maximum Gasteiger partial charge on any atom is 0.148 e. The van der Waals surface area contributed by atoms with Gasteiger partial charge in [0.15, 0.2) is 0 Å². The largest absolute Gasteiger partial charge is 0.303 e. The number of nitrogens with one attached hydrogen (secondary N) is 1. The fourth-order valence-corrected chi connectivity index (χ4v) is 1.77. The van der Waals surface area contributed by atoms with Gasteiger partial charge in [-0.15, -0.1) is 0 Å². The molecule has 0 aromatic carbocycles. The molecule has 5 nitrogen and oxygen atoms in total. The number of nitrogens with zero attached hydrogens (tertiary/aromatic N) is 2. The van der Waals surface area contributed by atoms with E-state index in [9.17, 15) is 8.42 Å². The Balaban J connectivity index is 3.92. The molecule has 1 N–H and O–H groups in total. The predicted octanol–water partition coefficient (Wildman–Crippen LogP) is -0.536. The maximum absolute atomic E-state index is 10.9. The highest BCUT2D eigenvalue weighted by molar-refractivity contribution is 7.90. The van der Waals surface area contributed by atoms with E-state index in [1.807, 2.05) is 18.9 Å². The Kier molecular flexibility index (Phi) is 6.48. The van der Waals surface area contributed by atoms with E-state index >= 15 is 0 Å². The van der Waals surface area contributed by atoms with Crippen molar-refractivity contribution >= 4 is 9.84 Å². The number of rotatable bonds is 7. The summed E-state index contributed by atoms with van der Waals surface area (Å²) in [6.45, 7) is 3.67. The van der Waals surface area contributed by atoms with Crippen LogP contribution in [0.3, 0.4) is 0 Å². The monoisotopic (exact) mass is 233 g/mol. The van der Waals surface area contributed by atoms with E-state index in [2.05, 4.69) is 11.4 Å². The van der Waals surface area contributed by atoms with Gasteiger partial charge in [0.1, 0.15) is 15.9 Å². The minimum atomic E-state index is -2.92. The molecule has 0 rings (SSSR count). The van der Waals surface area contributed by atoms with Crippen LogP contribution in [0, 0.1) is 11.3 Å². The molecule has 0 amide bonds. The number of hydrogen-bond acceptors (Lipinski definition) is 5. The van der Waals surface area contributed by atoms with Crippen molar-refractivity contribution in [3.8, 4) is 6.07 Å². The van der Waals surface area contributed by atoms with Gasteiger partial charge in [-0.25, -0.2) is 8.42 Å². The first-order chi connectivity index (χ1) is 6.89. The smallest absolute Gasteiger partial charge is 0.148 e. The second kappa shape index (κ2) is 6.77. The van der Waals surface area contributed by atoms with Crippen molar-refractivity contribution < 1.29 is 8.42 Å². The van der Waals surface area contributed by atoms with Gasteiger partial charge in [0, 0.05) is 19.3 Å². The van der Waals surface area contributed by atoms with Crippen LogP contribution in [-0.2, 0) is 9.84 Å². The second-order valence-corrected chi connectivity index (χ2v) is 5.89. The Bertz CT molecular complexity index is 308.